The molecule has 1 amide bonds. The zero-order valence-corrected chi connectivity index (χ0v) is 17.2. The molecule has 1 atom stereocenters. The van der Waals surface area contributed by atoms with E-state index in [2.05, 4.69) is 5.32 Å². The smallest absolute Gasteiger partial charge is 0.307 e. The summed E-state index contributed by atoms with van der Waals surface area (Å²) in [4.78, 5) is 36.5. The average Bonchev–Trinajstić information content (AvgIpc) is 2.63. The van der Waals surface area contributed by atoms with E-state index in [0.717, 1.165) is 22.4 Å². The van der Waals surface area contributed by atoms with Crippen molar-refractivity contribution < 1.29 is 19.1 Å². The van der Waals surface area contributed by atoms with E-state index in [9.17, 15) is 14.4 Å². The van der Waals surface area contributed by atoms with Crippen molar-refractivity contribution in [2.45, 2.75) is 46.6 Å². The number of halogens is 1. The highest BCUT2D eigenvalue weighted by Crippen LogP contribution is 2.22. The molecular weight excluding hydrogens is 378 g/mol. The zero-order valence-electron chi connectivity index (χ0n) is 16.5. The maximum Gasteiger partial charge on any atom is 0.307 e. The van der Waals surface area contributed by atoms with Crippen molar-refractivity contribution >= 4 is 34.9 Å². The van der Waals surface area contributed by atoms with Crippen LogP contribution in [0.5, 0.6) is 0 Å². The molecule has 0 aliphatic rings. The molecule has 5 nitrogen and oxygen atoms in total. The molecule has 28 heavy (non-hydrogen) atoms. The first-order valence-electron chi connectivity index (χ1n) is 9.04. The van der Waals surface area contributed by atoms with Gasteiger partial charge in [0, 0.05) is 22.7 Å². The molecule has 2 aromatic rings. The third kappa shape index (κ3) is 5.92. The van der Waals surface area contributed by atoms with Crippen molar-refractivity contribution in [3.8, 4) is 0 Å². The Kier molecular flexibility index (Phi) is 7.35. The molecule has 0 aliphatic carbocycles. The number of anilines is 1. The Morgan fingerprint density at radius 1 is 1.00 bits per heavy atom. The monoisotopic (exact) mass is 401 g/mol. The second-order valence-corrected chi connectivity index (χ2v) is 7.26. The van der Waals surface area contributed by atoms with Gasteiger partial charge < -0.3 is 10.1 Å². The summed E-state index contributed by atoms with van der Waals surface area (Å²) in [6, 6.07) is 10.4. The number of hydrogen-bond donors (Lipinski definition) is 1. The first-order chi connectivity index (χ1) is 13.2. The summed E-state index contributed by atoms with van der Waals surface area (Å²) in [5.74, 6) is -1.19. The summed E-state index contributed by atoms with van der Waals surface area (Å²) >= 11 is 5.79. The van der Waals surface area contributed by atoms with Crippen LogP contribution in [0.4, 0.5) is 5.69 Å². The number of benzene rings is 2. The summed E-state index contributed by atoms with van der Waals surface area (Å²) < 4.78 is 5.17. The van der Waals surface area contributed by atoms with Gasteiger partial charge in [0.1, 0.15) is 0 Å². The fourth-order valence-corrected chi connectivity index (χ4v) is 3.03. The van der Waals surface area contributed by atoms with Crippen LogP contribution in [0.15, 0.2) is 36.4 Å². The third-order valence-electron chi connectivity index (χ3n) is 4.33. The maximum absolute atomic E-state index is 12.4. The van der Waals surface area contributed by atoms with Gasteiger partial charge in [-0.1, -0.05) is 29.3 Å². The van der Waals surface area contributed by atoms with Crippen LogP contribution >= 0.6 is 11.6 Å². The molecule has 0 spiro atoms. The van der Waals surface area contributed by atoms with Crippen LogP contribution in [0.3, 0.4) is 0 Å². The Hall–Kier alpha value is -2.66. The van der Waals surface area contributed by atoms with Gasteiger partial charge >= 0.3 is 5.97 Å². The lowest BCUT2D eigenvalue weighted by Crippen LogP contribution is -2.30. The van der Waals surface area contributed by atoms with Gasteiger partial charge in [-0.3, -0.25) is 14.4 Å². The summed E-state index contributed by atoms with van der Waals surface area (Å²) in [7, 11) is 0. The van der Waals surface area contributed by atoms with Gasteiger partial charge in [-0.25, -0.2) is 0 Å². The summed E-state index contributed by atoms with van der Waals surface area (Å²) in [5, 5.41) is 3.35. The number of esters is 1. The number of ether oxygens (including phenoxy) is 1. The van der Waals surface area contributed by atoms with Gasteiger partial charge in [-0.15, -0.1) is 0 Å². The summed E-state index contributed by atoms with van der Waals surface area (Å²) in [5.41, 5.74) is 4.19. The zero-order chi connectivity index (χ0) is 20.8. The molecule has 0 saturated carbocycles. The van der Waals surface area contributed by atoms with Crippen molar-refractivity contribution in [2.24, 2.45) is 0 Å². The molecule has 2 aromatic carbocycles. The van der Waals surface area contributed by atoms with Crippen molar-refractivity contribution in [1.82, 2.24) is 0 Å². The predicted octanol–water partition coefficient (Wildman–Crippen LogP) is 4.80. The van der Waals surface area contributed by atoms with Crippen molar-refractivity contribution in [3.63, 3.8) is 0 Å². The van der Waals surface area contributed by atoms with Gasteiger partial charge in [0.25, 0.3) is 5.91 Å². The van der Waals surface area contributed by atoms with Crippen LogP contribution < -0.4 is 5.32 Å². The van der Waals surface area contributed by atoms with Crippen LogP contribution in [0.2, 0.25) is 5.02 Å². The van der Waals surface area contributed by atoms with Gasteiger partial charge in [-0.2, -0.15) is 0 Å². The highest BCUT2D eigenvalue weighted by molar-refractivity contribution is 6.30. The molecule has 0 heterocycles. The molecule has 0 radical (unpaired) electrons. The van der Waals surface area contributed by atoms with Crippen LogP contribution in [0.25, 0.3) is 0 Å². The number of hydrogen-bond acceptors (Lipinski definition) is 4. The number of Topliss-reactive ketones (excluding diaryl/α,β-unsaturated/α-hetero) is 1. The first-order valence-corrected chi connectivity index (χ1v) is 9.42. The molecule has 0 bridgehead atoms. The molecule has 0 aliphatic heterocycles. The number of rotatable bonds is 7. The van der Waals surface area contributed by atoms with Gasteiger partial charge in [0.15, 0.2) is 11.9 Å². The SMILES string of the molecule is Cc1cc(C)c(NC(=O)[C@@H](C)OC(=O)CCC(=O)c2ccc(Cl)cc2)c(C)c1. The normalized spacial score (nSPS) is 11.6. The number of amides is 1. The number of carbonyl (C=O) groups is 3. The lowest BCUT2D eigenvalue weighted by Gasteiger charge is -2.17. The van der Waals surface area contributed by atoms with E-state index in [1.165, 1.54) is 6.92 Å². The molecule has 148 valence electrons. The van der Waals surface area contributed by atoms with E-state index < -0.39 is 18.0 Å². The highest BCUT2D eigenvalue weighted by atomic mass is 35.5. The van der Waals surface area contributed by atoms with E-state index in [0.29, 0.717) is 10.6 Å². The van der Waals surface area contributed by atoms with E-state index in [1.807, 2.05) is 32.9 Å². The second kappa shape index (κ2) is 9.51. The quantitative estimate of drug-likeness (QED) is 0.534. The lowest BCUT2D eigenvalue weighted by molar-refractivity contribution is -0.153. The highest BCUT2D eigenvalue weighted by Gasteiger charge is 2.20. The topological polar surface area (TPSA) is 72.5 Å². The van der Waals surface area contributed by atoms with Crippen molar-refractivity contribution in [2.75, 3.05) is 5.32 Å². The number of carbonyl (C=O) groups excluding carboxylic acids is 3. The third-order valence-corrected chi connectivity index (χ3v) is 4.58. The molecule has 6 heteroatoms. The Labute approximate surface area is 170 Å². The van der Waals surface area contributed by atoms with Gasteiger partial charge in [0.05, 0.1) is 6.42 Å². The number of nitrogens with one attached hydrogen (secondary N) is 1. The molecular formula is C22H24ClNO4. The molecule has 1 N–H and O–H groups in total. The fraction of sp³-hybridized carbons (Fsp3) is 0.318. The second-order valence-electron chi connectivity index (χ2n) is 6.83. The minimum atomic E-state index is -0.960. The van der Waals surface area contributed by atoms with E-state index in [4.69, 9.17) is 16.3 Å². The van der Waals surface area contributed by atoms with E-state index in [1.54, 1.807) is 24.3 Å². The average molecular weight is 402 g/mol. The number of ketones is 1. The Morgan fingerprint density at radius 2 is 1.57 bits per heavy atom. The van der Waals surface area contributed by atoms with Crippen LogP contribution in [0.1, 0.15) is 46.8 Å². The van der Waals surface area contributed by atoms with E-state index in [-0.39, 0.29) is 18.6 Å². The molecule has 0 fully saturated rings. The minimum absolute atomic E-state index is 0.00494. The largest absolute Gasteiger partial charge is 0.453 e. The van der Waals surface area contributed by atoms with Crippen LogP contribution in [-0.2, 0) is 14.3 Å². The predicted molar refractivity (Wildman–Crippen MR) is 110 cm³/mol. The maximum atomic E-state index is 12.4. The van der Waals surface area contributed by atoms with Crippen molar-refractivity contribution in [1.29, 1.82) is 0 Å². The number of aryl methyl sites for hydroxylation is 3. The van der Waals surface area contributed by atoms with Gasteiger partial charge in [-0.05, 0) is 63.1 Å². The van der Waals surface area contributed by atoms with Crippen LogP contribution in [-0.4, -0.2) is 23.8 Å². The van der Waals surface area contributed by atoms with E-state index >= 15 is 0 Å². The molecule has 0 unspecified atom stereocenters. The molecule has 2 rings (SSSR count). The van der Waals surface area contributed by atoms with Gasteiger partial charge in [0.2, 0.25) is 0 Å². The molecule has 0 saturated heterocycles. The summed E-state index contributed by atoms with van der Waals surface area (Å²) in [6.45, 7) is 7.32. The Morgan fingerprint density at radius 3 is 2.14 bits per heavy atom. The Balaban J connectivity index is 1.87. The standard InChI is InChI=1S/C22H24ClNO4/c1-13-11-14(2)21(15(3)12-13)24-22(27)16(4)28-20(26)10-9-19(25)17-5-7-18(23)8-6-17/h5-8,11-12,16H,9-10H2,1-4H3,(H,24,27)/t16-/m1/s1. The summed E-state index contributed by atoms with van der Waals surface area (Å²) in [6.07, 6.45) is -1.05. The minimum Gasteiger partial charge on any atom is -0.453 e. The van der Waals surface area contributed by atoms with Crippen LogP contribution in [0, 0.1) is 20.8 Å². The first kappa shape index (κ1) is 21.6. The lowest BCUT2D eigenvalue weighted by atomic mass is 10.0. The Bertz CT molecular complexity index is 867. The fourth-order valence-electron chi connectivity index (χ4n) is 2.91. The molecule has 0 aromatic heterocycles. The van der Waals surface area contributed by atoms with Crippen molar-refractivity contribution in [3.05, 3.63) is 63.7 Å².